The van der Waals surface area contributed by atoms with E-state index in [4.69, 9.17) is 9.57 Å². The summed E-state index contributed by atoms with van der Waals surface area (Å²) in [4.78, 5) is 89.8. The van der Waals surface area contributed by atoms with Gasteiger partial charge in [-0.1, -0.05) is 25.8 Å². The number of imide groups is 1. The minimum atomic E-state index is -1.57. The highest BCUT2D eigenvalue weighted by Crippen LogP contribution is 2.67. The summed E-state index contributed by atoms with van der Waals surface area (Å²) in [7, 11) is 0. The van der Waals surface area contributed by atoms with Crippen LogP contribution in [0.3, 0.4) is 0 Å². The molecule has 258 valence electrons. The van der Waals surface area contributed by atoms with Crippen LogP contribution in [0.1, 0.15) is 117 Å². The molecule has 4 fully saturated rings. The van der Waals surface area contributed by atoms with Gasteiger partial charge in [0.1, 0.15) is 5.60 Å². The number of nitrogens with zero attached hydrogens (tertiary/aromatic N) is 1. The lowest BCUT2D eigenvalue weighted by Crippen LogP contribution is -2.58. The van der Waals surface area contributed by atoms with Crippen LogP contribution in [0, 0.1) is 28.6 Å². The van der Waals surface area contributed by atoms with Gasteiger partial charge in [-0.3, -0.25) is 28.8 Å². The number of unbranched alkanes of at least 4 members (excludes halogenated alkanes) is 2. The number of ether oxygens (including phenoxy) is 1. The molecule has 3 saturated carbocycles. The minimum absolute atomic E-state index is 0.000600. The molecule has 4 aliphatic carbocycles. The van der Waals surface area contributed by atoms with Crippen molar-refractivity contribution in [1.82, 2.24) is 10.4 Å². The van der Waals surface area contributed by atoms with Crippen molar-refractivity contribution in [1.29, 1.82) is 0 Å². The highest BCUT2D eigenvalue weighted by molar-refractivity contribution is 6.01. The van der Waals surface area contributed by atoms with Crippen LogP contribution in [0.4, 0.5) is 0 Å². The standard InChI is InChI=1S/C35H48N2O10/c1-33-16-13-23(38)20-22(33)7-8-24-25(33)14-17-34(2)26(24)15-18-35(34,45)27(39)21-46-31(43)12-9-28(40)36-19-5-3-4-6-32(44)47-37-29(41)10-11-30(37)42/h20,24-26,45H,3-19,21H2,1-2H3,(H,36,40)/t24-,25-,26+,33+,34+,35+/m1/s1. The first kappa shape index (κ1) is 34.9. The molecule has 3 amide bonds. The normalized spacial score (nSPS) is 33.0. The van der Waals surface area contributed by atoms with Crippen molar-refractivity contribution in [3.05, 3.63) is 11.6 Å². The van der Waals surface area contributed by atoms with E-state index in [1.165, 1.54) is 5.57 Å². The van der Waals surface area contributed by atoms with Gasteiger partial charge in [-0.15, -0.1) is 5.06 Å². The van der Waals surface area contributed by atoms with Crippen LogP contribution in [-0.2, 0) is 43.1 Å². The van der Waals surface area contributed by atoms with Crippen molar-refractivity contribution in [3.8, 4) is 0 Å². The summed E-state index contributed by atoms with van der Waals surface area (Å²) in [5.41, 5.74) is -0.900. The molecule has 0 spiro atoms. The molecule has 1 heterocycles. The van der Waals surface area contributed by atoms with Crippen LogP contribution in [-0.4, -0.2) is 70.1 Å². The number of fused-ring (bicyclic) bond motifs is 5. The number of aliphatic hydroxyl groups is 1. The first-order valence-electron chi connectivity index (χ1n) is 17.3. The molecular weight excluding hydrogens is 608 g/mol. The zero-order valence-electron chi connectivity index (χ0n) is 27.6. The van der Waals surface area contributed by atoms with Gasteiger partial charge >= 0.3 is 11.9 Å². The number of esters is 1. The molecule has 1 saturated heterocycles. The SMILES string of the molecule is C[C@]12CCC(=O)C=C1CC[C@@H]1[C@H]2CC[C@@]2(C)[C@H]1CC[C@]2(O)C(=O)COC(=O)CCC(=O)NCCCCCC(=O)ON1C(=O)CCC1=O. The highest BCUT2D eigenvalue weighted by atomic mass is 16.7. The summed E-state index contributed by atoms with van der Waals surface area (Å²) >= 11 is 0. The zero-order valence-corrected chi connectivity index (χ0v) is 27.6. The first-order valence-corrected chi connectivity index (χ1v) is 17.3. The number of Topliss-reactive ketones (excluding diaryl/α,β-unsaturated/α-hetero) is 1. The third-order valence-corrected chi connectivity index (χ3v) is 12.1. The monoisotopic (exact) mass is 656 g/mol. The molecule has 6 atom stereocenters. The second kappa shape index (κ2) is 14.0. The van der Waals surface area contributed by atoms with Crippen molar-refractivity contribution in [3.63, 3.8) is 0 Å². The Morgan fingerprint density at radius 3 is 2.32 bits per heavy atom. The van der Waals surface area contributed by atoms with E-state index >= 15 is 0 Å². The molecule has 0 unspecified atom stereocenters. The highest BCUT2D eigenvalue weighted by Gasteiger charge is 2.66. The quantitative estimate of drug-likeness (QED) is 0.170. The number of carbonyl (C=O) groups excluding carboxylic acids is 7. The molecular formula is C35H48N2O10. The van der Waals surface area contributed by atoms with Gasteiger partial charge in [0.05, 0.1) is 6.42 Å². The lowest BCUT2D eigenvalue weighted by molar-refractivity contribution is -0.197. The van der Waals surface area contributed by atoms with Crippen LogP contribution >= 0.6 is 0 Å². The molecule has 47 heavy (non-hydrogen) atoms. The molecule has 0 aromatic heterocycles. The van der Waals surface area contributed by atoms with Crippen LogP contribution < -0.4 is 5.32 Å². The summed E-state index contributed by atoms with van der Waals surface area (Å²) in [6.45, 7) is 4.13. The van der Waals surface area contributed by atoms with Crippen LogP contribution in [0.25, 0.3) is 0 Å². The van der Waals surface area contributed by atoms with E-state index in [-0.39, 0.29) is 55.1 Å². The summed E-state index contributed by atoms with van der Waals surface area (Å²) in [6, 6.07) is 0. The average Bonchev–Trinajstić information content (AvgIpc) is 3.51. The van der Waals surface area contributed by atoms with Crippen molar-refractivity contribution < 1.29 is 48.2 Å². The van der Waals surface area contributed by atoms with Crippen LogP contribution in [0.5, 0.6) is 0 Å². The van der Waals surface area contributed by atoms with Gasteiger partial charge in [-0.2, -0.15) is 0 Å². The fraction of sp³-hybridized carbons (Fsp3) is 0.743. The summed E-state index contributed by atoms with van der Waals surface area (Å²) < 4.78 is 5.24. The smallest absolute Gasteiger partial charge is 0.333 e. The number of carbonyl (C=O) groups is 7. The van der Waals surface area contributed by atoms with Crippen molar-refractivity contribution in [2.75, 3.05) is 13.2 Å². The largest absolute Gasteiger partial charge is 0.458 e. The fourth-order valence-electron chi connectivity index (χ4n) is 9.28. The Balaban J connectivity index is 0.990. The first-order chi connectivity index (χ1) is 22.3. The van der Waals surface area contributed by atoms with E-state index in [1.807, 2.05) is 13.0 Å². The molecule has 1 aliphatic heterocycles. The van der Waals surface area contributed by atoms with E-state index in [0.717, 1.165) is 32.1 Å². The van der Waals surface area contributed by atoms with Gasteiger partial charge in [0.15, 0.2) is 12.4 Å². The Morgan fingerprint density at radius 2 is 1.57 bits per heavy atom. The maximum absolute atomic E-state index is 13.4. The number of hydrogen-bond acceptors (Lipinski definition) is 10. The van der Waals surface area contributed by atoms with E-state index in [9.17, 15) is 38.7 Å². The van der Waals surface area contributed by atoms with E-state index in [2.05, 4.69) is 12.2 Å². The molecule has 5 aliphatic rings. The van der Waals surface area contributed by atoms with E-state index < -0.39 is 47.2 Å². The number of ketones is 2. The fourth-order valence-corrected chi connectivity index (χ4v) is 9.28. The minimum Gasteiger partial charge on any atom is -0.458 e. The number of rotatable bonds is 13. The van der Waals surface area contributed by atoms with Crippen molar-refractivity contribution >= 4 is 41.2 Å². The second-order valence-corrected chi connectivity index (χ2v) is 14.6. The Bertz CT molecular complexity index is 1340. The van der Waals surface area contributed by atoms with Crippen LogP contribution in [0.2, 0.25) is 0 Å². The number of nitrogens with one attached hydrogen (secondary N) is 1. The van der Waals surface area contributed by atoms with Crippen molar-refractivity contribution in [2.24, 2.45) is 28.6 Å². The topological polar surface area (TPSA) is 173 Å². The maximum atomic E-state index is 13.4. The molecule has 0 aromatic rings. The Kier molecular flexibility index (Phi) is 10.4. The molecule has 2 N–H and O–H groups in total. The van der Waals surface area contributed by atoms with E-state index in [0.29, 0.717) is 62.0 Å². The van der Waals surface area contributed by atoms with Gasteiger partial charge in [-0.25, -0.2) is 4.79 Å². The Labute approximate surface area is 275 Å². The molecule has 5 rings (SSSR count). The average molecular weight is 657 g/mol. The third kappa shape index (κ3) is 6.93. The molecule has 0 radical (unpaired) electrons. The van der Waals surface area contributed by atoms with Gasteiger partial charge in [0, 0.05) is 44.1 Å². The predicted octanol–water partition coefficient (Wildman–Crippen LogP) is 3.43. The lowest BCUT2D eigenvalue weighted by atomic mass is 9.46. The second-order valence-electron chi connectivity index (χ2n) is 14.6. The lowest BCUT2D eigenvalue weighted by Gasteiger charge is -2.58. The van der Waals surface area contributed by atoms with Gasteiger partial charge in [0.2, 0.25) is 11.7 Å². The number of hydrogen-bond donors (Lipinski definition) is 2. The van der Waals surface area contributed by atoms with Crippen LogP contribution in [0.15, 0.2) is 11.6 Å². The third-order valence-electron chi connectivity index (χ3n) is 12.1. The number of amides is 3. The van der Waals surface area contributed by atoms with Crippen molar-refractivity contribution in [2.45, 2.75) is 122 Å². The van der Waals surface area contributed by atoms with Gasteiger partial charge in [-0.05, 0) is 87.0 Å². The summed E-state index contributed by atoms with van der Waals surface area (Å²) in [5.74, 6) is -2.00. The maximum Gasteiger partial charge on any atom is 0.333 e. The summed E-state index contributed by atoms with van der Waals surface area (Å²) in [5, 5.41) is 15.1. The van der Waals surface area contributed by atoms with E-state index in [1.54, 1.807) is 0 Å². The predicted molar refractivity (Wildman–Crippen MR) is 166 cm³/mol. The zero-order chi connectivity index (χ0) is 34.0. The molecule has 0 aromatic carbocycles. The Hall–Kier alpha value is -3.41. The van der Waals surface area contributed by atoms with Gasteiger partial charge in [0.25, 0.3) is 11.8 Å². The number of allylic oxidation sites excluding steroid dienone is 1. The molecule has 0 bridgehead atoms. The van der Waals surface area contributed by atoms with Gasteiger partial charge < -0.3 is 20.0 Å². The number of hydroxylamine groups is 2. The molecule has 12 nitrogen and oxygen atoms in total. The summed E-state index contributed by atoms with van der Waals surface area (Å²) in [6.07, 6.45) is 9.29. The Morgan fingerprint density at radius 1 is 0.851 bits per heavy atom. The molecule has 12 heteroatoms.